The third-order valence-corrected chi connectivity index (χ3v) is 6.73. The molecule has 0 bridgehead atoms. The molecular weight excluding hydrogens is 452 g/mol. The van der Waals surface area contributed by atoms with Crippen molar-refractivity contribution in [2.24, 2.45) is 0 Å². The molecule has 0 unspecified atom stereocenters. The van der Waals surface area contributed by atoms with Crippen LogP contribution in [0.5, 0.6) is 11.5 Å². The van der Waals surface area contributed by atoms with Crippen molar-refractivity contribution in [1.29, 1.82) is 0 Å². The van der Waals surface area contributed by atoms with E-state index in [-0.39, 0.29) is 10.8 Å². The summed E-state index contributed by atoms with van der Waals surface area (Å²) in [6.45, 7) is 13.3. The smallest absolute Gasteiger partial charge is 0.128 e. The molecule has 5 rings (SSSR count). The summed E-state index contributed by atoms with van der Waals surface area (Å²) in [6, 6.07) is 29.3. The van der Waals surface area contributed by atoms with Gasteiger partial charge in [-0.05, 0) is 81.3 Å². The maximum atomic E-state index is 6.45. The topological polar surface area (TPSA) is 35.0 Å². The Balaban J connectivity index is 1.54. The fourth-order valence-corrected chi connectivity index (χ4v) is 4.51. The van der Waals surface area contributed by atoms with Crippen LogP contribution in [0.3, 0.4) is 0 Å². The fraction of sp³-hybridized carbons (Fsp3) is 0.235. The predicted octanol–water partition coefficient (Wildman–Crippen LogP) is 9.35. The van der Waals surface area contributed by atoms with Crippen LogP contribution in [0.2, 0.25) is 0 Å². The van der Waals surface area contributed by atoms with Gasteiger partial charge >= 0.3 is 0 Å². The highest BCUT2D eigenvalue weighted by molar-refractivity contribution is 5.97. The molecule has 0 atom stereocenters. The van der Waals surface area contributed by atoms with Gasteiger partial charge in [0.1, 0.15) is 11.5 Å². The van der Waals surface area contributed by atoms with Gasteiger partial charge in [-0.25, -0.2) is 0 Å². The molecule has 3 aromatic carbocycles. The van der Waals surface area contributed by atoms with Crippen molar-refractivity contribution in [3.63, 3.8) is 0 Å². The zero-order chi connectivity index (χ0) is 26.2. The van der Waals surface area contributed by atoms with Gasteiger partial charge in [-0.3, -0.25) is 9.97 Å². The van der Waals surface area contributed by atoms with Crippen molar-refractivity contribution in [1.82, 2.24) is 9.97 Å². The monoisotopic (exact) mass is 486 g/mol. The number of nitrogens with zero attached hydrogens (tertiary/aromatic N) is 2. The van der Waals surface area contributed by atoms with Gasteiger partial charge in [0, 0.05) is 23.5 Å². The lowest BCUT2D eigenvalue weighted by Gasteiger charge is -2.20. The molecule has 0 aliphatic heterocycles. The van der Waals surface area contributed by atoms with Gasteiger partial charge < -0.3 is 4.74 Å². The van der Waals surface area contributed by atoms with Crippen LogP contribution in [-0.2, 0) is 10.8 Å². The maximum absolute atomic E-state index is 6.45. The number of benzene rings is 3. The summed E-state index contributed by atoms with van der Waals surface area (Å²) >= 11 is 0. The quantitative estimate of drug-likeness (QED) is 0.254. The lowest BCUT2D eigenvalue weighted by atomic mass is 9.86. The van der Waals surface area contributed by atoms with Gasteiger partial charge in [0.25, 0.3) is 0 Å². The summed E-state index contributed by atoms with van der Waals surface area (Å²) in [5, 5.41) is 2.28. The molecule has 2 aromatic heterocycles. The van der Waals surface area contributed by atoms with E-state index in [0.29, 0.717) is 0 Å². The van der Waals surface area contributed by atoms with Crippen LogP contribution in [0.1, 0.15) is 52.7 Å². The summed E-state index contributed by atoms with van der Waals surface area (Å²) in [5.74, 6) is 1.56. The molecule has 0 N–H and O–H groups in total. The highest BCUT2D eigenvalue weighted by Crippen LogP contribution is 2.36. The summed E-state index contributed by atoms with van der Waals surface area (Å²) in [7, 11) is 0. The van der Waals surface area contributed by atoms with Gasteiger partial charge in [0.2, 0.25) is 0 Å². The minimum Gasteiger partial charge on any atom is -0.457 e. The number of hydrogen-bond acceptors (Lipinski definition) is 3. The van der Waals surface area contributed by atoms with E-state index in [9.17, 15) is 0 Å². The zero-order valence-corrected chi connectivity index (χ0v) is 22.5. The Morgan fingerprint density at radius 3 is 1.92 bits per heavy atom. The van der Waals surface area contributed by atoms with Crippen LogP contribution >= 0.6 is 0 Å². The molecule has 3 nitrogen and oxygen atoms in total. The second kappa shape index (κ2) is 9.48. The second-order valence-corrected chi connectivity index (χ2v) is 11.7. The van der Waals surface area contributed by atoms with Gasteiger partial charge in [-0.15, -0.1) is 0 Å². The lowest BCUT2D eigenvalue weighted by molar-refractivity contribution is 0.484. The predicted molar refractivity (Wildman–Crippen MR) is 154 cm³/mol. The normalized spacial score (nSPS) is 12.1. The average molecular weight is 487 g/mol. The number of rotatable bonds is 4. The largest absolute Gasteiger partial charge is 0.457 e. The number of hydrogen-bond donors (Lipinski definition) is 0. The van der Waals surface area contributed by atoms with E-state index in [1.807, 2.05) is 24.5 Å². The standard InChI is InChI=1S/C34H34N2O/c1-33(2,3)25-14-16-35-31(20-25)24-11-9-12-27(19-24)37-28-18-23-10-7-8-13-29(23)30(22-28)32-21-26(15-17-36-32)34(4,5)6/h7-22H,1-6H3. The first-order valence-corrected chi connectivity index (χ1v) is 12.8. The van der Waals surface area contributed by atoms with Crippen molar-refractivity contribution in [2.75, 3.05) is 0 Å². The Morgan fingerprint density at radius 1 is 0.568 bits per heavy atom. The third-order valence-electron chi connectivity index (χ3n) is 6.73. The molecular formula is C34H34N2O. The maximum Gasteiger partial charge on any atom is 0.128 e. The van der Waals surface area contributed by atoms with E-state index in [4.69, 9.17) is 9.72 Å². The molecule has 0 aliphatic rings. The van der Waals surface area contributed by atoms with Crippen molar-refractivity contribution < 1.29 is 4.74 Å². The molecule has 0 amide bonds. The Hall–Kier alpha value is -3.98. The highest BCUT2D eigenvalue weighted by atomic mass is 16.5. The molecule has 0 radical (unpaired) electrons. The number of ether oxygens (including phenoxy) is 1. The van der Waals surface area contributed by atoms with E-state index >= 15 is 0 Å². The Kier molecular flexibility index (Phi) is 6.33. The Morgan fingerprint density at radius 2 is 1.22 bits per heavy atom. The number of pyridine rings is 2. The van der Waals surface area contributed by atoms with Gasteiger partial charge in [-0.2, -0.15) is 0 Å². The molecule has 3 heteroatoms. The minimum absolute atomic E-state index is 0.0420. The first-order valence-electron chi connectivity index (χ1n) is 12.8. The second-order valence-electron chi connectivity index (χ2n) is 11.7. The first-order chi connectivity index (χ1) is 17.6. The molecule has 37 heavy (non-hydrogen) atoms. The summed E-state index contributed by atoms with van der Waals surface area (Å²) < 4.78 is 6.45. The highest BCUT2D eigenvalue weighted by Gasteiger charge is 2.17. The Labute approximate surface area is 220 Å². The summed E-state index contributed by atoms with van der Waals surface area (Å²) in [6.07, 6.45) is 3.79. The van der Waals surface area contributed by atoms with Gasteiger partial charge in [0.05, 0.1) is 11.4 Å². The van der Waals surface area contributed by atoms with E-state index < -0.39 is 0 Å². The van der Waals surface area contributed by atoms with Crippen LogP contribution in [0, 0.1) is 0 Å². The van der Waals surface area contributed by atoms with E-state index in [2.05, 4.69) is 119 Å². The molecule has 0 saturated carbocycles. The summed E-state index contributed by atoms with van der Waals surface area (Å²) in [4.78, 5) is 9.37. The number of fused-ring (bicyclic) bond motifs is 1. The molecule has 0 spiro atoms. The van der Waals surface area contributed by atoms with E-state index in [1.54, 1.807) is 0 Å². The van der Waals surface area contributed by atoms with E-state index in [0.717, 1.165) is 44.8 Å². The lowest BCUT2D eigenvalue weighted by Crippen LogP contribution is -2.11. The fourth-order valence-electron chi connectivity index (χ4n) is 4.51. The molecule has 2 heterocycles. The minimum atomic E-state index is 0.0420. The molecule has 186 valence electrons. The van der Waals surface area contributed by atoms with E-state index in [1.165, 1.54) is 11.1 Å². The van der Waals surface area contributed by atoms with Crippen molar-refractivity contribution >= 4 is 10.8 Å². The molecule has 5 aromatic rings. The number of aromatic nitrogens is 2. The SMILES string of the molecule is CC(C)(C)c1ccnc(-c2cccc(Oc3cc(-c4cc(C(C)(C)C)ccn4)c4ccccc4c3)c2)c1. The molecule has 0 fully saturated rings. The van der Waals surface area contributed by atoms with Crippen LogP contribution in [-0.4, -0.2) is 9.97 Å². The van der Waals surface area contributed by atoms with Crippen LogP contribution in [0.25, 0.3) is 33.3 Å². The van der Waals surface area contributed by atoms with Gasteiger partial charge in [-0.1, -0.05) is 77.9 Å². The first kappa shape index (κ1) is 24.7. The van der Waals surface area contributed by atoms with Crippen LogP contribution < -0.4 is 4.74 Å². The van der Waals surface area contributed by atoms with Crippen molar-refractivity contribution in [2.45, 2.75) is 52.4 Å². The zero-order valence-electron chi connectivity index (χ0n) is 22.5. The molecule has 0 saturated heterocycles. The molecule has 0 aliphatic carbocycles. The van der Waals surface area contributed by atoms with Crippen LogP contribution in [0.15, 0.2) is 97.3 Å². The van der Waals surface area contributed by atoms with Crippen molar-refractivity contribution in [3.8, 4) is 34.0 Å². The van der Waals surface area contributed by atoms with Crippen LogP contribution in [0.4, 0.5) is 0 Å². The third kappa shape index (κ3) is 5.41. The summed E-state index contributed by atoms with van der Waals surface area (Å²) in [5.41, 5.74) is 6.61. The van der Waals surface area contributed by atoms with Gasteiger partial charge in [0.15, 0.2) is 0 Å². The van der Waals surface area contributed by atoms with Crippen molar-refractivity contribution in [3.05, 3.63) is 108 Å². The Bertz CT molecular complexity index is 1570. The average Bonchev–Trinajstić information content (AvgIpc) is 2.87.